The SMILES string of the molecule is Cc1cc(Sc2nnnn2C)nc(NN)n1. The number of nitrogen functional groups attached to an aromatic ring is 1. The summed E-state index contributed by atoms with van der Waals surface area (Å²) in [6.07, 6.45) is 0. The van der Waals surface area contributed by atoms with E-state index in [9.17, 15) is 0 Å². The van der Waals surface area contributed by atoms with Crippen LogP contribution in [0.15, 0.2) is 16.2 Å². The van der Waals surface area contributed by atoms with Crippen LogP contribution in [-0.4, -0.2) is 30.2 Å². The highest BCUT2D eigenvalue weighted by atomic mass is 32.2. The van der Waals surface area contributed by atoms with Gasteiger partial charge in [0.25, 0.3) is 0 Å². The van der Waals surface area contributed by atoms with Crippen LogP contribution in [0.2, 0.25) is 0 Å². The molecule has 0 amide bonds. The molecule has 0 fully saturated rings. The van der Waals surface area contributed by atoms with Crippen molar-refractivity contribution in [2.75, 3.05) is 5.43 Å². The van der Waals surface area contributed by atoms with Gasteiger partial charge in [0.05, 0.1) is 0 Å². The highest BCUT2D eigenvalue weighted by Gasteiger charge is 2.08. The van der Waals surface area contributed by atoms with Crippen molar-refractivity contribution in [3.8, 4) is 0 Å². The number of aromatic nitrogens is 6. The van der Waals surface area contributed by atoms with Gasteiger partial charge in [-0.05, 0) is 35.2 Å². The molecule has 84 valence electrons. The molecular formula is C7H10N8S. The number of rotatable bonds is 3. The minimum absolute atomic E-state index is 0.373. The number of hydrogen-bond donors (Lipinski definition) is 2. The van der Waals surface area contributed by atoms with Gasteiger partial charge in [-0.2, -0.15) is 0 Å². The molecule has 0 saturated heterocycles. The lowest BCUT2D eigenvalue weighted by Gasteiger charge is -2.03. The van der Waals surface area contributed by atoms with Gasteiger partial charge in [0.2, 0.25) is 11.1 Å². The number of hydrogen-bond acceptors (Lipinski definition) is 8. The van der Waals surface area contributed by atoms with Gasteiger partial charge in [-0.15, -0.1) is 5.10 Å². The second kappa shape index (κ2) is 4.41. The zero-order valence-electron chi connectivity index (χ0n) is 8.75. The summed E-state index contributed by atoms with van der Waals surface area (Å²) in [5, 5.41) is 12.5. The van der Waals surface area contributed by atoms with Crippen LogP contribution in [-0.2, 0) is 7.05 Å². The van der Waals surface area contributed by atoms with Crippen LogP contribution in [0.5, 0.6) is 0 Å². The predicted molar refractivity (Wildman–Crippen MR) is 57.5 cm³/mol. The number of anilines is 1. The van der Waals surface area contributed by atoms with Crippen molar-refractivity contribution in [3.63, 3.8) is 0 Å². The Balaban J connectivity index is 2.28. The van der Waals surface area contributed by atoms with Crippen molar-refractivity contribution < 1.29 is 0 Å². The first-order valence-corrected chi connectivity index (χ1v) is 5.23. The smallest absolute Gasteiger partial charge is 0.238 e. The topological polar surface area (TPSA) is 107 Å². The Bertz CT molecular complexity index is 495. The molecule has 2 heterocycles. The predicted octanol–water partition coefficient (Wildman–Crippen LogP) is -0.255. The van der Waals surface area contributed by atoms with Crippen LogP contribution in [0, 0.1) is 6.92 Å². The van der Waals surface area contributed by atoms with E-state index in [4.69, 9.17) is 5.84 Å². The second-order valence-electron chi connectivity index (χ2n) is 3.00. The summed E-state index contributed by atoms with van der Waals surface area (Å²) >= 11 is 1.34. The molecule has 2 rings (SSSR count). The average molecular weight is 238 g/mol. The molecule has 9 heteroatoms. The first-order valence-electron chi connectivity index (χ1n) is 4.41. The monoisotopic (exact) mass is 238 g/mol. The highest BCUT2D eigenvalue weighted by molar-refractivity contribution is 7.99. The molecular weight excluding hydrogens is 228 g/mol. The van der Waals surface area contributed by atoms with Gasteiger partial charge in [0.1, 0.15) is 5.03 Å². The summed E-state index contributed by atoms with van der Waals surface area (Å²) in [4.78, 5) is 8.26. The maximum atomic E-state index is 5.26. The lowest BCUT2D eigenvalue weighted by Crippen LogP contribution is -2.11. The summed E-state index contributed by atoms with van der Waals surface area (Å²) < 4.78 is 1.57. The van der Waals surface area contributed by atoms with Gasteiger partial charge in [0.15, 0.2) is 0 Å². The first-order chi connectivity index (χ1) is 7.69. The Morgan fingerprint density at radius 2 is 2.25 bits per heavy atom. The summed E-state index contributed by atoms with van der Waals surface area (Å²) in [5.41, 5.74) is 3.23. The number of nitrogens with one attached hydrogen (secondary N) is 1. The third-order valence-corrected chi connectivity index (χ3v) is 2.68. The van der Waals surface area contributed by atoms with Crippen LogP contribution in [0.25, 0.3) is 0 Å². The standard InChI is InChI=1S/C7H10N8S/c1-4-3-5(10-6(9-4)11-8)16-7-12-13-14-15(7)2/h3H,8H2,1-2H3,(H,9,10,11). The molecule has 0 aromatic carbocycles. The van der Waals surface area contributed by atoms with Crippen LogP contribution in [0.4, 0.5) is 5.95 Å². The van der Waals surface area contributed by atoms with Crippen molar-refractivity contribution in [1.29, 1.82) is 0 Å². The van der Waals surface area contributed by atoms with Crippen LogP contribution < -0.4 is 11.3 Å². The summed E-state index contributed by atoms with van der Waals surface area (Å²) in [5.74, 6) is 5.63. The zero-order chi connectivity index (χ0) is 11.5. The lowest BCUT2D eigenvalue weighted by atomic mass is 10.5. The van der Waals surface area contributed by atoms with E-state index in [0.29, 0.717) is 11.1 Å². The second-order valence-corrected chi connectivity index (χ2v) is 3.99. The van der Waals surface area contributed by atoms with E-state index >= 15 is 0 Å². The summed E-state index contributed by atoms with van der Waals surface area (Å²) in [6, 6.07) is 1.83. The fourth-order valence-electron chi connectivity index (χ4n) is 1.06. The number of aryl methyl sites for hydroxylation is 2. The molecule has 2 aromatic heterocycles. The Kier molecular flexibility index (Phi) is 2.97. The molecule has 0 saturated carbocycles. The number of nitrogens with zero attached hydrogens (tertiary/aromatic N) is 6. The molecule has 0 bridgehead atoms. The fraction of sp³-hybridized carbons (Fsp3) is 0.286. The molecule has 0 aliphatic carbocycles. The van der Waals surface area contributed by atoms with E-state index in [2.05, 4.69) is 30.9 Å². The molecule has 0 aliphatic heterocycles. The number of tetrazole rings is 1. The van der Waals surface area contributed by atoms with Crippen LogP contribution in [0.1, 0.15) is 5.69 Å². The Morgan fingerprint density at radius 3 is 2.88 bits per heavy atom. The van der Waals surface area contributed by atoms with E-state index < -0.39 is 0 Å². The lowest BCUT2D eigenvalue weighted by molar-refractivity contribution is 0.664. The third-order valence-electron chi connectivity index (χ3n) is 1.74. The fourth-order valence-corrected chi connectivity index (χ4v) is 1.85. The average Bonchev–Trinajstić information content (AvgIpc) is 2.63. The molecule has 2 aromatic rings. The van der Waals surface area contributed by atoms with Crippen LogP contribution in [0.3, 0.4) is 0 Å². The molecule has 0 radical (unpaired) electrons. The van der Waals surface area contributed by atoms with E-state index in [1.54, 1.807) is 11.7 Å². The van der Waals surface area contributed by atoms with E-state index in [1.807, 2.05) is 13.0 Å². The largest absolute Gasteiger partial charge is 0.292 e. The molecule has 0 spiro atoms. The van der Waals surface area contributed by atoms with E-state index in [0.717, 1.165) is 10.7 Å². The van der Waals surface area contributed by atoms with Gasteiger partial charge < -0.3 is 0 Å². The van der Waals surface area contributed by atoms with Crippen molar-refractivity contribution in [1.82, 2.24) is 30.2 Å². The van der Waals surface area contributed by atoms with Crippen LogP contribution >= 0.6 is 11.8 Å². The van der Waals surface area contributed by atoms with Crippen molar-refractivity contribution >= 4 is 17.7 Å². The zero-order valence-corrected chi connectivity index (χ0v) is 9.56. The highest BCUT2D eigenvalue weighted by Crippen LogP contribution is 2.23. The van der Waals surface area contributed by atoms with Crippen molar-refractivity contribution in [3.05, 3.63) is 11.8 Å². The normalized spacial score (nSPS) is 10.4. The molecule has 0 unspecified atom stereocenters. The van der Waals surface area contributed by atoms with Gasteiger partial charge in [-0.1, -0.05) is 0 Å². The summed E-state index contributed by atoms with van der Waals surface area (Å²) in [6.45, 7) is 1.86. The first kappa shape index (κ1) is 10.8. The van der Waals surface area contributed by atoms with Gasteiger partial charge in [0, 0.05) is 12.7 Å². The third kappa shape index (κ3) is 2.25. The van der Waals surface area contributed by atoms with Gasteiger partial charge in [-0.3, -0.25) is 5.43 Å². The Morgan fingerprint density at radius 1 is 1.44 bits per heavy atom. The molecule has 3 N–H and O–H groups in total. The van der Waals surface area contributed by atoms with Gasteiger partial charge >= 0.3 is 0 Å². The molecule has 8 nitrogen and oxygen atoms in total. The molecule has 0 atom stereocenters. The van der Waals surface area contributed by atoms with Gasteiger partial charge in [-0.25, -0.2) is 20.5 Å². The number of nitrogens with two attached hydrogens (primary N) is 1. The Labute approximate surface area is 95.6 Å². The van der Waals surface area contributed by atoms with Crippen molar-refractivity contribution in [2.45, 2.75) is 17.1 Å². The maximum Gasteiger partial charge on any atom is 0.238 e. The quantitative estimate of drug-likeness (QED) is 0.428. The minimum atomic E-state index is 0.373. The minimum Gasteiger partial charge on any atom is -0.292 e. The number of hydrazine groups is 1. The molecule has 16 heavy (non-hydrogen) atoms. The van der Waals surface area contributed by atoms with Crippen molar-refractivity contribution in [2.24, 2.45) is 12.9 Å². The molecule has 0 aliphatic rings. The Hall–Kier alpha value is -1.74. The summed E-state index contributed by atoms with van der Waals surface area (Å²) in [7, 11) is 1.76. The maximum absolute atomic E-state index is 5.26. The van der Waals surface area contributed by atoms with E-state index in [1.165, 1.54) is 11.8 Å². The van der Waals surface area contributed by atoms with E-state index in [-0.39, 0.29) is 0 Å².